The third-order valence-electron chi connectivity index (χ3n) is 3.14. The summed E-state index contributed by atoms with van der Waals surface area (Å²) in [5.41, 5.74) is 2.69. The molecule has 16 heavy (non-hydrogen) atoms. The molecular formula is C14H22N2. The molecule has 0 saturated heterocycles. The van der Waals surface area contributed by atoms with Crippen LogP contribution in [-0.2, 0) is 0 Å². The number of hydrogen-bond acceptors (Lipinski definition) is 2. The van der Waals surface area contributed by atoms with Gasteiger partial charge in [-0.1, -0.05) is 12.1 Å². The fourth-order valence-electron chi connectivity index (χ4n) is 1.99. The molecule has 0 atom stereocenters. The normalized spacial score (nSPS) is 15.1. The fourth-order valence-corrected chi connectivity index (χ4v) is 1.99. The van der Waals surface area contributed by atoms with Gasteiger partial charge in [-0.2, -0.15) is 0 Å². The maximum absolute atomic E-state index is 3.56. The zero-order chi connectivity index (χ0) is 11.4. The standard InChI is InChI=1S/C14H22N2/c1-3-16(10-9-15-13-7-8-13)14-6-4-5-12(2)11-14/h4-6,11,13,15H,3,7-10H2,1-2H3. The molecule has 0 radical (unpaired) electrons. The molecule has 1 aliphatic carbocycles. The predicted octanol–water partition coefficient (Wildman–Crippen LogP) is 2.57. The molecule has 1 aromatic rings. The lowest BCUT2D eigenvalue weighted by molar-refractivity contribution is 0.661. The summed E-state index contributed by atoms with van der Waals surface area (Å²) in [6.45, 7) is 7.66. The Kier molecular flexibility index (Phi) is 3.83. The Morgan fingerprint density at radius 3 is 2.81 bits per heavy atom. The largest absolute Gasteiger partial charge is 0.371 e. The Balaban J connectivity index is 1.87. The van der Waals surface area contributed by atoms with Crippen LogP contribution in [0.2, 0.25) is 0 Å². The summed E-state index contributed by atoms with van der Waals surface area (Å²) in [7, 11) is 0. The lowest BCUT2D eigenvalue weighted by atomic mass is 10.2. The summed E-state index contributed by atoms with van der Waals surface area (Å²) in [6.07, 6.45) is 2.74. The number of nitrogens with zero attached hydrogens (tertiary/aromatic N) is 1. The average molecular weight is 218 g/mol. The van der Waals surface area contributed by atoms with E-state index in [2.05, 4.69) is 48.3 Å². The number of hydrogen-bond donors (Lipinski definition) is 1. The van der Waals surface area contributed by atoms with Crippen LogP contribution >= 0.6 is 0 Å². The Morgan fingerprint density at radius 2 is 2.19 bits per heavy atom. The highest BCUT2D eigenvalue weighted by Crippen LogP contribution is 2.19. The third-order valence-corrected chi connectivity index (χ3v) is 3.14. The minimum Gasteiger partial charge on any atom is -0.371 e. The van der Waals surface area contributed by atoms with Crippen LogP contribution in [0.1, 0.15) is 25.3 Å². The van der Waals surface area contributed by atoms with E-state index in [0.29, 0.717) is 0 Å². The van der Waals surface area contributed by atoms with Crippen molar-refractivity contribution in [3.8, 4) is 0 Å². The Bertz CT molecular complexity index is 331. The summed E-state index contributed by atoms with van der Waals surface area (Å²) in [5.74, 6) is 0. The van der Waals surface area contributed by atoms with Gasteiger partial charge in [0, 0.05) is 31.4 Å². The van der Waals surface area contributed by atoms with Crippen LogP contribution in [0.4, 0.5) is 5.69 Å². The van der Waals surface area contributed by atoms with Crippen LogP contribution in [0.15, 0.2) is 24.3 Å². The minimum absolute atomic E-state index is 0.816. The molecule has 0 heterocycles. The zero-order valence-electron chi connectivity index (χ0n) is 10.4. The summed E-state index contributed by atoms with van der Waals surface area (Å²) >= 11 is 0. The van der Waals surface area contributed by atoms with E-state index in [0.717, 1.165) is 25.7 Å². The molecule has 1 saturated carbocycles. The fraction of sp³-hybridized carbons (Fsp3) is 0.571. The van der Waals surface area contributed by atoms with E-state index in [1.807, 2.05) is 0 Å². The van der Waals surface area contributed by atoms with E-state index in [9.17, 15) is 0 Å². The molecule has 2 rings (SSSR count). The molecule has 0 aromatic heterocycles. The van der Waals surface area contributed by atoms with E-state index in [-0.39, 0.29) is 0 Å². The van der Waals surface area contributed by atoms with Gasteiger partial charge in [-0.25, -0.2) is 0 Å². The predicted molar refractivity (Wildman–Crippen MR) is 70.1 cm³/mol. The van der Waals surface area contributed by atoms with Crippen LogP contribution in [0.3, 0.4) is 0 Å². The molecule has 1 N–H and O–H groups in total. The second-order valence-corrected chi connectivity index (χ2v) is 4.65. The zero-order valence-corrected chi connectivity index (χ0v) is 10.4. The highest BCUT2D eigenvalue weighted by Gasteiger charge is 2.19. The van der Waals surface area contributed by atoms with Gasteiger partial charge in [0.05, 0.1) is 0 Å². The van der Waals surface area contributed by atoms with Gasteiger partial charge in [0.1, 0.15) is 0 Å². The van der Waals surface area contributed by atoms with Crippen molar-refractivity contribution in [3.63, 3.8) is 0 Å². The van der Waals surface area contributed by atoms with Crippen LogP contribution in [-0.4, -0.2) is 25.7 Å². The van der Waals surface area contributed by atoms with Crippen LogP contribution in [0.5, 0.6) is 0 Å². The molecule has 2 heteroatoms. The first-order valence-electron chi connectivity index (χ1n) is 6.34. The van der Waals surface area contributed by atoms with E-state index < -0.39 is 0 Å². The van der Waals surface area contributed by atoms with Gasteiger partial charge >= 0.3 is 0 Å². The molecule has 2 nitrogen and oxygen atoms in total. The van der Waals surface area contributed by atoms with Gasteiger partial charge in [-0.3, -0.25) is 0 Å². The van der Waals surface area contributed by atoms with Gasteiger partial charge < -0.3 is 10.2 Å². The van der Waals surface area contributed by atoms with Crippen LogP contribution in [0, 0.1) is 6.92 Å². The molecule has 1 aliphatic rings. The molecule has 0 aliphatic heterocycles. The molecule has 0 unspecified atom stereocenters. The van der Waals surface area contributed by atoms with Crippen molar-refractivity contribution < 1.29 is 0 Å². The lowest BCUT2D eigenvalue weighted by Crippen LogP contribution is -2.32. The minimum atomic E-state index is 0.816. The third kappa shape index (κ3) is 3.24. The van der Waals surface area contributed by atoms with E-state index in [1.165, 1.54) is 24.1 Å². The average Bonchev–Trinajstić information content (AvgIpc) is 3.08. The number of benzene rings is 1. The molecule has 88 valence electrons. The molecular weight excluding hydrogens is 196 g/mol. The number of likely N-dealkylation sites (N-methyl/N-ethyl adjacent to an activating group) is 1. The van der Waals surface area contributed by atoms with Gasteiger partial charge in [0.15, 0.2) is 0 Å². The maximum Gasteiger partial charge on any atom is 0.0369 e. The summed E-state index contributed by atoms with van der Waals surface area (Å²) in [5, 5.41) is 3.56. The SMILES string of the molecule is CCN(CCNC1CC1)c1cccc(C)c1. The quantitative estimate of drug-likeness (QED) is 0.789. The molecule has 0 amide bonds. The first-order valence-corrected chi connectivity index (χ1v) is 6.34. The number of nitrogens with one attached hydrogen (secondary N) is 1. The second kappa shape index (κ2) is 5.35. The topological polar surface area (TPSA) is 15.3 Å². The highest BCUT2D eigenvalue weighted by atomic mass is 15.1. The van der Waals surface area contributed by atoms with Crippen molar-refractivity contribution in [3.05, 3.63) is 29.8 Å². The van der Waals surface area contributed by atoms with E-state index in [4.69, 9.17) is 0 Å². The van der Waals surface area contributed by atoms with E-state index in [1.54, 1.807) is 0 Å². The summed E-state index contributed by atoms with van der Waals surface area (Å²) in [6, 6.07) is 9.58. The lowest BCUT2D eigenvalue weighted by Gasteiger charge is -2.23. The summed E-state index contributed by atoms with van der Waals surface area (Å²) in [4.78, 5) is 2.43. The van der Waals surface area contributed by atoms with Crippen molar-refractivity contribution in [2.75, 3.05) is 24.5 Å². The molecule has 0 spiro atoms. The first kappa shape index (κ1) is 11.5. The Labute approximate surface area is 98.7 Å². The molecule has 1 fully saturated rings. The second-order valence-electron chi connectivity index (χ2n) is 4.65. The van der Waals surface area contributed by atoms with Crippen molar-refractivity contribution in [2.45, 2.75) is 32.7 Å². The number of aryl methyl sites for hydroxylation is 1. The van der Waals surface area contributed by atoms with Gasteiger partial charge in [0.25, 0.3) is 0 Å². The van der Waals surface area contributed by atoms with Gasteiger partial charge in [-0.05, 0) is 44.4 Å². The maximum atomic E-state index is 3.56. The number of anilines is 1. The summed E-state index contributed by atoms with van der Waals surface area (Å²) < 4.78 is 0. The monoisotopic (exact) mass is 218 g/mol. The van der Waals surface area contributed by atoms with Gasteiger partial charge in [0.2, 0.25) is 0 Å². The molecule has 0 bridgehead atoms. The van der Waals surface area contributed by atoms with Crippen molar-refractivity contribution >= 4 is 5.69 Å². The molecule has 1 aromatic carbocycles. The van der Waals surface area contributed by atoms with E-state index >= 15 is 0 Å². The van der Waals surface area contributed by atoms with Crippen molar-refractivity contribution in [1.29, 1.82) is 0 Å². The number of rotatable bonds is 6. The van der Waals surface area contributed by atoms with Crippen LogP contribution in [0.25, 0.3) is 0 Å². The first-order chi connectivity index (χ1) is 7.79. The Hall–Kier alpha value is -1.02. The van der Waals surface area contributed by atoms with Crippen LogP contribution < -0.4 is 10.2 Å². The van der Waals surface area contributed by atoms with Gasteiger partial charge in [-0.15, -0.1) is 0 Å². The smallest absolute Gasteiger partial charge is 0.0369 e. The highest BCUT2D eigenvalue weighted by molar-refractivity contribution is 5.48. The Morgan fingerprint density at radius 1 is 1.38 bits per heavy atom. The van der Waals surface area contributed by atoms with Crippen molar-refractivity contribution in [1.82, 2.24) is 5.32 Å². The van der Waals surface area contributed by atoms with Crippen molar-refractivity contribution in [2.24, 2.45) is 0 Å².